The number of hydrogen-bond donors (Lipinski definition) is 1. The van der Waals surface area contributed by atoms with Crippen LogP contribution in [0.5, 0.6) is 11.5 Å². The largest absolute Gasteiger partial charge is 0.506 e. The van der Waals surface area contributed by atoms with Gasteiger partial charge in [0.15, 0.2) is 0 Å². The van der Waals surface area contributed by atoms with Crippen LogP contribution in [0.25, 0.3) is 22.1 Å². The number of benzene rings is 2. The summed E-state index contributed by atoms with van der Waals surface area (Å²) in [6.07, 6.45) is 0. The summed E-state index contributed by atoms with van der Waals surface area (Å²) < 4.78 is 10.3. The van der Waals surface area contributed by atoms with Crippen LogP contribution in [-0.2, 0) is 0 Å². The van der Waals surface area contributed by atoms with Crippen molar-refractivity contribution >= 4 is 22.6 Å². The predicted molar refractivity (Wildman–Crippen MR) is 81.1 cm³/mol. The first-order valence-electron chi connectivity index (χ1n) is 6.20. The zero-order valence-corrected chi connectivity index (χ0v) is 11.8. The number of halogens is 1. The van der Waals surface area contributed by atoms with Crippen molar-refractivity contribution in [1.29, 1.82) is 0 Å². The molecule has 2 aromatic carbocycles. The van der Waals surface area contributed by atoms with Crippen molar-refractivity contribution < 1.29 is 14.3 Å². The zero-order valence-electron chi connectivity index (χ0n) is 11.1. The van der Waals surface area contributed by atoms with Crippen LogP contribution in [0.1, 0.15) is 0 Å². The summed E-state index contributed by atoms with van der Waals surface area (Å²) in [5, 5.41) is 11.3. The number of rotatable bonds is 2. The van der Waals surface area contributed by atoms with Crippen molar-refractivity contribution in [2.45, 2.75) is 0 Å². The second-order valence-corrected chi connectivity index (χ2v) is 4.92. The molecule has 0 bridgehead atoms. The summed E-state index contributed by atoms with van der Waals surface area (Å²) in [6, 6.07) is 11.6. The van der Waals surface area contributed by atoms with E-state index in [0.29, 0.717) is 21.7 Å². The van der Waals surface area contributed by atoms with E-state index in [1.807, 2.05) is 0 Å². The minimum Gasteiger partial charge on any atom is -0.506 e. The molecule has 0 aliphatic rings. The highest BCUT2D eigenvalue weighted by molar-refractivity contribution is 6.30. The molecule has 0 radical (unpaired) electrons. The molecular weight excluding hydrogens is 292 g/mol. The lowest BCUT2D eigenvalue weighted by Crippen LogP contribution is -2.03. The van der Waals surface area contributed by atoms with Crippen LogP contribution < -0.4 is 10.4 Å². The van der Waals surface area contributed by atoms with E-state index in [2.05, 4.69) is 0 Å². The maximum Gasteiger partial charge on any atom is 0.347 e. The van der Waals surface area contributed by atoms with Gasteiger partial charge in [-0.15, -0.1) is 0 Å². The minimum atomic E-state index is -0.629. The summed E-state index contributed by atoms with van der Waals surface area (Å²) in [7, 11) is 1.51. The Balaban J connectivity index is 2.32. The Kier molecular flexibility index (Phi) is 3.31. The maximum absolute atomic E-state index is 12.2. The standard InChI is InChI=1S/C16H11ClO4/c1-20-11-5-6-12-13(8-11)21-16(19)14(15(12)18)9-3-2-4-10(17)7-9/h2-8,18H,1H3. The third-order valence-electron chi connectivity index (χ3n) is 3.20. The van der Waals surface area contributed by atoms with Crippen LogP contribution in [0.4, 0.5) is 0 Å². The van der Waals surface area contributed by atoms with Crippen molar-refractivity contribution in [3.05, 3.63) is 57.9 Å². The molecule has 1 heterocycles. The second-order valence-electron chi connectivity index (χ2n) is 4.49. The van der Waals surface area contributed by atoms with Crippen molar-refractivity contribution in [3.63, 3.8) is 0 Å². The van der Waals surface area contributed by atoms with Gasteiger partial charge in [0, 0.05) is 11.1 Å². The van der Waals surface area contributed by atoms with Crippen LogP contribution in [0.2, 0.25) is 5.02 Å². The van der Waals surface area contributed by atoms with Crippen molar-refractivity contribution in [3.8, 4) is 22.6 Å². The van der Waals surface area contributed by atoms with Gasteiger partial charge < -0.3 is 14.3 Å². The highest BCUT2D eigenvalue weighted by Crippen LogP contribution is 2.35. The quantitative estimate of drug-likeness (QED) is 0.731. The fourth-order valence-electron chi connectivity index (χ4n) is 2.19. The molecule has 0 amide bonds. The Morgan fingerprint density at radius 2 is 2.00 bits per heavy atom. The summed E-state index contributed by atoms with van der Waals surface area (Å²) >= 11 is 5.93. The van der Waals surface area contributed by atoms with Crippen LogP contribution >= 0.6 is 11.6 Å². The summed E-state index contributed by atoms with van der Waals surface area (Å²) in [5.41, 5.74) is 0.236. The van der Waals surface area contributed by atoms with Gasteiger partial charge in [0.2, 0.25) is 0 Å². The lowest BCUT2D eigenvalue weighted by Gasteiger charge is -2.08. The van der Waals surface area contributed by atoms with Crippen LogP contribution in [0, 0.1) is 0 Å². The fourth-order valence-corrected chi connectivity index (χ4v) is 2.38. The number of hydrogen-bond acceptors (Lipinski definition) is 4. The summed E-state index contributed by atoms with van der Waals surface area (Å²) in [5.74, 6) is 0.409. The second kappa shape index (κ2) is 5.14. The van der Waals surface area contributed by atoms with E-state index in [4.69, 9.17) is 20.8 Å². The van der Waals surface area contributed by atoms with Gasteiger partial charge >= 0.3 is 5.63 Å². The topological polar surface area (TPSA) is 59.7 Å². The van der Waals surface area contributed by atoms with Crippen LogP contribution in [0.15, 0.2) is 51.7 Å². The molecule has 3 rings (SSSR count). The van der Waals surface area contributed by atoms with Gasteiger partial charge in [-0.1, -0.05) is 23.7 Å². The van der Waals surface area contributed by atoms with Crippen LogP contribution in [0.3, 0.4) is 0 Å². The third-order valence-corrected chi connectivity index (χ3v) is 3.44. The Hall–Kier alpha value is -2.46. The number of ether oxygens (including phenoxy) is 1. The third kappa shape index (κ3) is 2.34. The monoisotopic (exact) mass is 302 g/mol. The molecule has 0 saturated heterocycles. The van der Waals surface area contributed by atoms with Gasteiger partial charge in [-0.2, -0.15) is 0 Å². The molecule has 21 heavy (non-hydrogen) atoms. The molecule has 1 N–H and O–H groups in total. The van der Waals surface area contributed by atoms with Gasteiger partial charge in [0.25, 0.3) is 0 Å². The first-order valence-corrected chi connectivity index (χ1v) is 6.57. The van der Waals surface area contributed by atoms with Gasteiger partial charge in [-0.3, -0.25) is 0 Å². The van der Waals surface area contributed by atoms with Crippen molar-refractivity contribution in [2.75, 3.05) is 7.11 Å². The Morgan fingerprint density at radius 1 is 1.19 bits per heavy atom. The molecule has 4 nitrogen and oxygen atoms in total. The lowest BCUT2D eigenvalue weighted by atomic mass is 10.0. The smallest absolute Gasteiger partial charge is 0.347 e. The van der Waals surface area contributed by atoms with Gasteiger partial charge in [-0.25, -0.2) is 4.79 Å². The molecule has 0 aliphatic heterocycles. The molecule has 0 fully saturated rings. The van der Waals surface area contributed by atoms with E-state index in [1.54, 1.807) is 42.5 Å². The first-order chi connectivity index (χ1) is 10.1. The van der Waals surface area contributed by atoms with Gasteiger partial charge in [-0.05, 0) is 29.8 Å². The number of fused-ring (bicyclic) bond motifs is 1. The van der Waals surface area contributed by atoms with Crippen molar-refractivity contribution in [2.24, 2.45) is 0 Å². The minimum absolute atomic E-state index is 0.0927. The Morgan fingerprint density at radius 3 is 2.71 bits per heavy atom. The molecular formula is C16H11ClO4. The molecule has 106 valence electrons. The van der Waals surface area contributed by atoms with Gasteiger partial charge in [0.1, 0.15) is 22.6 Å². The highest BCUT2D eigenvalue weighted by atomic mass is 35.5. The molecule has 0 saturated carbocycles. The van der Waals surface area contributed by atoms with E-state index < -0.39 is 5.63 Å². The average molecular weight is 303 g/mol. The van der Waals surface area contributed by atoms with Crippen molar-refractivity contribution in [1.82, 2.24) is 0 Å². The molecule has 0 atom stereocenters. The maximum atomic E-state index is 12.2. The summed E-state index contributed by atoms with van der Waals surface area (Å²) in [6.45, 7) is 0. The molecule has 0 spiro atoms. The van der Waals surface area contributed by atoms with E-state index in [0.717, 1.165) is 0 Å². The lowest BCUT2D eigenvalue weighted by molar-refractivity contribution is 0.413. The van der Waals surface area contributed by atoms with E-state index in [9.17, 15) is 9.90 Å². The molecule has 1 aromatic heterocycles. The van der Waals surface area contributed by atoms with E-state index >= 15 is 0 Å². The van der Waals surface area contributed by atoms with E-state index in [1.165, 1.54) is 7.11 Å². The van der Waals surface area contributed by atoms with Crippen LogP contribution in [-0.4, -0.2) is 12.2 Å². The Bertz CT molecular complexity index is 883. The average Bonchev–Trinajstić information content (AvgIpc) is 2.46. The number of aromatic hydroxyl groups is 1. The number of methoxy groups -OCH3 is 1. The molecule has 0 aliphatic carbocycles. The Labute approximate surface area is 125 Å². The highest BCUT2D eigenvalue weighted by Gasteiger charge is 2.16. The van der Waals surface area contributed by atoms with E-state index in [-0.39, 0.29) is 16.9 Å². The predicted octanol–water partition coefficient (Wildman–Crippen LogP) is 3.83. The molecule has 0 unspecified atom stereocenters. The summed E-state index contributed by atoms with van der Waals surface area (Å²) in [4.78, 5) is 12.2. The zero-order chi connectivity index (χ0) is 15.0. The SMILES string of the molecule is COc1ccc2c(O)c(-c3cccc(Cl)c3)c(=O)oc2c1. The normalized spacial score (nSPS) is 10.8. The molecule has 5 heteroatoms. The molecule has 3 aromatic rings. The van der Waals surface area contributed by atoms with Gasteiger partial charge in [0.05, 0.1) is 12.5 Å². The fraction of sp³-hybridized carbons (Fsp3) is 0.0625. The first kappa shape index (κ1) is 13.5.